The van der Waals surface area contributed by atoms with E-state index in [0.717, 1.165) is 17.7 Å². The molecule has 1 aliphatic heterocycles. The van der Waals surface area contributed by atoms with Gasteiger partial charge in [-0.15, -0.1) is 0 Å². The standard InChI is InChI=1S/C12H16N2O2/c1-9-4-2-3-5-11(9)14-10(6-7-13)8-16-12(14)15/h2-5,10H,6-8,13H2,1H3. The first-order chi connectivity index (χ1) is 7.74. The Labute approximate surface area is 95.0 Å². The van der Waals surface area contributed by atoms with Crippen LogP contribution in [0.1, 0.15) is 12.0 Å². The summed E-state index contributed by atoms with van der Waals surface area (Å²) in [7, 11) is 0. The van der Waals surface area contributed by atoms with Gasteiger partial charge < -0.3 is 10.5 Å². The number of para-hydroxylation sites is 1. The number of hydrogen-bond donors (Lipinski definition) is 1. The molecular formula is C12H16N2O2. The number of nitrogens with two attached hydrogens (primary N) is 1. The van der Waals surface area contributed by atoms with E-state index in [-0.39, 0.29) is 12.1 Å². The number of hydrogen-bond acceptors (Lipinski definition) is 3. The van der Waals surface area contributed by atoms with Crippen molar-refractivity contribution in [1.82, 2.24) is 0 Å². The van der Waals surface area contributed by atoms with Crippen LogP contribution in [0.5, 0.6) is 0 Å². The molecule has 0 aromatic heterocycles. The molecule has 1 aromatic rings. The summed E-state index contributed by atoms with van der Waals surface area (Å²) in [6.07, 6.45) is 0.493. The number of carbonyl (C=O) groups is 1. The minimum atomic E-state index is -0.271. The van der Waals surface area contributed by atoms with Crippen molar-refractivity contribution in [3.8, 4) is 0 Å². The number of anilines is 1. The fourth-order valence-electron chi connectivity index (χ4n) is 1.99. The summed E-state index contributed by atoms with van der Waals surface area (Å²) in [4.78, 5) is 13.4. The van der Waals surface area contributed by atoms with Gasteiger partial charge in [-0.25, -0.2) is 4.79 Å². The van der Waals surface area contributed by atoms with Gasteiger partial charge in [0.1, 0.15) is 6.61 Å². The third-order valence-corrected chi connectivity index (χ3v) is 2.84. The van der Waals surface area contributed by atoms with Gasteiger partial charge in [-0.2, -0.15) is 0 Å². The molecule has 0 aliphatic carbocycles. The van der Waals surface area contributed by atoms with Crippen molar-refractivity contribution in [2.24, 2.45) is 5.73 Å². The molecule has 1 saturated heterocycles. The second-order valence-electron chi connectivity index (χ2n) is 3.96. The third-order valence-electron chi connectivity index (χ3n) is 2.84. The molecule has 2 N–H and O–H groups in total. The van der Waals surface area contributed by atoms with Gasteiger partial charge in [0, 0.05) is 0 Å². The van der Waals surface area contributed by atoms with E-state index in [1.165, 1.54) is 0 Å². The van der Waals surface area contributed by atoms with Gasteiger partial charge >= 0.3 is 6.09 Å². The van der Waals surface area contributed by atoms with Crippen molar-refractivity contribution in [2.45, 2.75) is 19.4 Å². The lowest BCUT2D eigenvalue weighted by molar-refractivity contribution is 0.178. The lowest BCUT2D eigenvalue weighted by atomic mass is 10.1. The van der Waals surface area contributed by atoms with Crippen molar-refractivity contribution in [3.05, 3.63) is 29.8 Å². The molecule has 1 aromatic carbocycles. The number of nitrogens with zero attached hydrogens (tertiary/aromatic N) is 1. The summed E-state index contributed by atoms with van der Waals surface area (Å²) in [6, 6.07) is 7.87. The highest BCUT2D eigenvalue weighted by atomic mass is 16.6. The van der Waals surface area contributed by atoms with Crippen LogP contribution in [-0.4, -0.2) is 25.3 Å². The SMILES string of the molecule is Cc1ccccc1N1C(=O)OCC1CCN. The molecule has 1 unspecified atom stereocenters. The van der Waals surface area contributed by atoms with Crippen LogP contribution in [0.3, 0.4) is 0 Å². The van der Waals surface area contributed by atoms with Crippen LogP contribution in [0.25, 0.3) is 0 Å². The van der Waals surface area contributed by atoms with Gasteiger partial charge in [0.15, 0.2) is 0 Å². The van der Waals surface area contributed by atoms with E-state index in [9.17, 15) is 4.79 Å². The molecule has 2 rings (SSSR count). The van der Waals surface area contributed by atoms with Crippen molar-refractivity contribution < 1.29 is 9.53 Å². The molecule has 1 atom stereocenters. The minimum absolute atomic E-state index is 0.0681. The van der Waals surface area contributed by atoms with Gasteiger partial charge in [-0.1, -0.05) is 18.2 Å². The molecule has 1 fully saturated rings. The zero-order chi connectivity index (χ0) is 11.5. The maximum atomic E-state index is 11.7. The maximum Gasteiger partial charge on any atom is 0.414 e. The Morgan fingerprint density at radius 2 is 2.25 bits per heavy atom. The third kappa shape index (κ3) is 1.88. The number of carbonyl (C=O) groups excluding carboxylic acids is 1. The lowest BCUT2D eigenvalue weighted by Crippen LogP contribution is -2.35. The molecule has 4 nitrogen and oxygen atoms in total. The molecule has 1 amide bonds. The lowest BCUT2D eigenvalue weighted by Gasteiger charge is -2.22. The smallest absolute Gasteiger partial charge is 0.414 e. The van der Waals surface area contributed by atoms with E-state index >= 15 is 0 Å². The first-order valence-corrected chi connectivity index (χ1v) is 5.45. The zero-order valence-electron chi connectivity index (χ0n) is 9.35. The van der Waals surface area contributed by atoms with Crippen LogP contribution >= 0.6 is 0 Å². The van der Waals surface area contributed by atoms with Gasteiger partial charge in [0.25, 0.3) is 0 Å². The van der Waals surface area contributed by atoms with Crippen LogP contribution in [0.2, 0.25) is 0 Å². The fraction of sp³-hybridized carbons (Fsp3) is 0.417. The van der Waals surface area contributed by atoms with E-state index in [1.807, 2.05) is 31.2 Å². The van der Waals surface area contributed by atoms with Crippen LogP contribution < -0.4 is 10.6 Å². The van der Waals surface area contributed by atoms with Crippen LogP contribution in [0.4, 0.5) is 10.5 Å². The molecule has 0 saturated carbocycles. The van der Waals surface area contributed by atoms with Crippen LogP contribution in [0, 0.1) is 6.92 Å². The Hall–Kier alpha value is -1.55. The van der Waals surface area contributed by atoms with E-state index in [1.54, 1.807) is 4.90 Å². The number of benzene rings is 1. The highest BCUT2D eigenvalue weighted by Gasteiger charge is 2.34. The van der Waals surface area contributed by atoms with Crippen molar-refractivity contribution in [1.29, 1.82) is 0 Å². The summed E-state index contributed by atoms with van der Waals surface area (Å²) < 4.78 is 5.07. The highest BCUT2D eigenvalue weighted by Crippen LogP contribution is 2.27. The Balaban J connectivity index is 2.30. The van der Waals surface area contributed by atoms with E-state index < -0.39 is 0 Å². The number of ether oxygens (including phenoxy) is 1. The highest BCUT2D eigenvalue weighted by molar-refractivity contribution is 5.91. The molecule has 86 valence electrons. The molecule has 1 heterocycles. The van der Waals surface area contributed by atoms with E-state index in [0.29, 0.717) is 13.2 Å². The van der Waals surface area contributed by atoms with Gasteiger partial charge in [0.2, 0.25) is 0 Å². The van der Waals surface area contributed by atoms with Crippen LogP contribution in [0.15, 0.2) is 24.3 Å². The van der Waals surface area contributed by atoms with E-state index in [4.69, 9.17) is 10.5 Å². The van der Waals surface area contributed by atoms with Crippen LogP contribution in [-0.2, 0) is 4.74 Å². The Morgan fingerprint density at radius 3 is 2.94 bits per heavy atom. The Kier molecular flexibility index (Phi) is 3.10. The molecule has 0 radical (unpaired) electrons. The number of aryl methyl sites for hydroxylation is 1. The van der Waals surface area contributed by atoms with Crippen molar-refractivity contribution >= 4 is 11.8 Å². The average Bonchev–Trinajstić information content (AvgIpc) is 2.62. The average molecular weight is 220 g/mol. The number of rotatable bonds is 3. The first kappa shape index (κ1) is 11.0. The molecular weight excluding hydrogens is 204 g/mol. The zero-order valence-corrected chi connectivity index (χ0v) is 9.35. The maximum absolute atomic E-state index is 11.7. The normalized spacial score (nSPS) is 20.0. The van der Waals surface area contributed by atoms with Gasteiger partial charge in [0.05, 0.1) is 11.7 Å². The van der Waals surface area contributed by atoms with Crippen molar-refractivity contribution in [3.63, 3.8) is 0 Å². The molecule has 0 spiro atoms. The minimum Gasteiger partial charge on any atom is -0.447 e. The predicted octanol–water partition coefficient (Wildman–Crippen LogP) is 1.67. The van der Waals surface area contributed by atoms with Gasteiger partial charge in [-0.05, 0) is 31.5 Å². The fourth-order valence-corrected chi connectivity index (χ4v) is 1.99. The molecule has 4 heteroatoms. The predicted molar refractivity (Wildman–Crippen MR) is 62.5 cm³/mol. The monoisotopic (exact) mass is 220 g/mol. The topological polar surface area (TPSA) is 55.6 Å². The summed E-state index contributed by atoms with van der Waals surface area (Å²) in [5.74, 6) is 0. The molecule has 1 aliphatic rings. The van der Waals surface area contributed by atoms with E-state index in [2.05, 4.69) is 0 Å². The number of cyclic esters (lactones) is 1. The Bertz CT molecular complexity index is 392. The summed E-state index contributed by atoms with van der Waals surface area (Å²) >= 11 is 0. The number of amides is 1. The second kappa shape index (κ2) is 4.53. The Morgan fingerprint density at radius 1 is 1.50 bits per heavy atom. The summed E-state index contributed by atoms with van der Waals surface area (Å²) in [5, 5.41) is 0. The first-order valence-electron chi connectivity index (χ1n) is 5.45. The van der Waals surface area contributed by atoms with Gasteiger partial charge in [-0.3, -0.25) is 4.90 Å². The quantitative estimate of drug-likeness (QED) is 0.843. The molecule has 16 heavy (non-hydrogen) atoms. The van der Waals surface area contributed by atoms with Crippen molar-refractivity contribution in [2.75, 3.05) is 18.1 Å². The summed E-state index contributed by atoms with van der Waals surface area (Å²) in [5.41, 5.74) is 7.53. The molecule has 0 bridgehead atoms. The summed E-state index contributed by atoms with van der Waals surface area (Å²) in [6.45, 7) is 2.98. The second-order valence-corrected chi connectivity index (χ2v) is 3.96. The largest absolute Gasteiger partial charge is 0.447 e.